The minimum Gasteiger partial charge on any atom is -0.479 e. The summed E-state index contributed by atoms with van der Waals surface area (Å²) in [5.74, 6) is -0.912. The zero-order valence-corrected chi connectivity index (χ0v) is 28.1. The van der Waals surface area contributed by atoms with Crippen LogP contribution in [0.25, 0.3) is 22.3 Å². The first kappa shape index (κ1) is 34.2. The minimum atomic E-state index is -1.61. The Morgan fingerprint density at radius 3 is 2.60 bits per heavy atom. The topological polar surface area (TPSA) is 235 Å². The Bertz CT molecular complexity index is 2260. The second-order valence-electron chi connectivity index (χ2n) is 12.6. The number of alkyl carbamates (subject to hydrolysis) is 1. The summed E-state index contributed by atoms with van der Waals surface area (Å²) in [6.45, 7) is 1.17. The molecule has 2 aromatic carbocycles. The van der Waals surface area contributed by atoms with Gasteiger partial charge in [-0.15, -0.1) is 0 Å². The standard InChI is InChI=1S/C35H32N4O14/c1-14-29(31(42)43)53-34(33(45)51-14)52-24-4-3-15(5-22(24)36-2)11-48-35(46)37-9-18-16-7-25-26(50-13-49-25)8-21(16)38-27-19(18)10-39-23(27)6-17-20(30(39)41)12-47-32(44)28(17)40/h3-8,14,28-29,33-34,36,40,45H,9-13H2,1-2H3,(H,37,46)(H,42,43). The number of benzene rings is 2. The van der Waals surface area contributed by atoms with E-state index in [1.54, 1.807) is 43.4 Å². The van der Waals surface area contributed by atoms with E-state index < -0.39 is 54.5 Å². The maximum absolute atomic E-state index is 13.6. The van der Waals surface area contributed by atoms with Crippen molar-refractivity contribution in [1.29, 1.82) is 0 Å². The van der Waals surface area contributed by atoms with Gasteiger partial charge in [0.15, 0.2) is 23.7 Å². The first-order valence-electron chi connectivity index (χ1n) is 16.5. The van der Waals surface area contributed by atoms with E-state index in [-0.39, 0.29) is 50.0 Å². The fourth-order valence-electron chi connectivity index (χ4n) is 6.77. The molecule has 18 heteroatoms. The van der Waals surface area contributed by atoms with Gasteiger partial charge in [0.1, 0.15) is 19.0 Å². The maximum atomic E-state index is 13.6. The molecule has 5 N–H and O–H groups in total. The smallest absolute Gasteiger partial charge is 0.407 e. The van der Waals surface area contributed by atoms with E-state index in [1.807, 2.05) is 0 Å². The molecule has 8 rings (SSSR count). The lowest BCUT2D eigenvalue weighted by Crippen LogP contribution is -2.53. The van der Waals surface area contributed by atoms with Gasteiger partial charge in [-0.2, -0.15) is 0 Å². The Morgan fingerprint density at radius 1 is 1.04 bits per heavy atom. The van der Waals surface area contributed by atoms with Gasteiger partial charge in [0, 0.05) is 36.2 Å². The fraction of sp³-hybridized carbons (Fsp3) is 0.343. The number of cyclic esters (lactones) is 1. The molecular weight excluding hydrogens is 700 g/mol. The van der Waals surface area contributed by atoms with E-state index in [0.29, 0.717) is 56.2 Å². The highest BCUT2D eigenvalue weighted by molar-refractivity contribution is 5.91. The van der Waals surface area contributed by atoms with Crippen molar-refractivity contribution < 1.29 is 62.9 Å². The quantitative estimate of drug-likeness (QED) is 0.143. The summed E-state index contributed by atoms with van der Waals surface area (Å²) in [6.07, 6.45) is -7.55. The highest BCUT2D eigenvalue weighted by Gasteiger charge is 2.41. The molecule has 1 fully saturated rings. The number of fused-ring (bicyclic) bond motifs is 6. The number of carbonyl (C=O) groups excluding carboxylic acids is 2. The monoisotopic (exact) mass is 732 g/mol. The number of hydrogen-bond acceptors (Lipinski definition) is 15. The molecule has 4 aliphatic heterocycles. The third kappa shape index (κ3) is 6.00. The maximum Gasteiger partial charge on any atom is 0.407 e. The highest BCUT2D eigenvalue weighted by atomic mass is 16.8. The van der Waals surface area contributed by atoms with Crippen LogP contribution in [0.5, 0.6) is 17.2 Å². The summed E-state index contributed by atoms with van der Waals surface area (Å²) in [6, 6.07) is 9.85. The number of nitrogens with one attached hydrogen (secondary N) is 2. The SMILES string of the molecule is CNc1cc(COC(=O)NCc2c3c(nc4cc5c(cc24)OCO5)-c2cc4c(c(=O)n2C3)COC(=O)C4O)ccc1OC1OC(C(=O)O)C(C)OC1O. The molecule has 6 heterocycles. The average Bonchev–Trinajstić information content (AvgIpc) is 3.75. The number of anilines is 1. The van der Waals surface area contributed by atoms with E-state index in [4.69, 9.17) is 38.1 Å². The van der Waals surface area contributed by atoms with E-state index in [0.717, 1.165) is 0 Å². The van der Waals surface area contributed by atoms with Gasteiger partial charge >= 0.3 is 18.0 Å². The van der Waals surface area contributed by atoms with Crippen molar-refractivity contribution in [2.24, 2.45) is 0 Å². The number of carboxylic acids is 1. The predicted molar refractivity (Wildman–Crippen MR) is 178 cm³/mol. The molecule has 2 aromatic heterocycles. The van der Waals surface area contributed by atoms with Crippen molar-refractivity contribution >= 4 is 34.6 Å². The van der Waals surface area contributed by atoms with Crippen LogP contribution in [0.3, 0.4) is 0 Å². The molecule has 276 valence electrons. The Morgan fingerprint density at radius 2 is 1.83 bits per heavy atom. The van der Waals surface area contributed by atoms with Gasteiger partial charge in [0.05, 0.1) is 40.8 Å². The Kier molecular flexibility index (Phi) is 8.53. The van der Waals surface area contributed by atoms with Crippen molar-refractivity contribution in [1.82, 2.24) is 14.9 Å². The number of carbonyl (C=O) groups is 3. The third-order valence-corrected chi connectivity index (χ3v) is 9.44. The summed E-state index contributed by atoms with van der Waals surface area (Å²) in [5.41, 5.74) is 3.57. The number of rotatable bonds is 8. The molecule has 0 aliphatic carbocycles. The van der Waals surface area contributed by atoms with Crippen LogP contribution >= 0.6 is 0 Å². The van der Waals surface area contributed by atoms with Crippen molar-refractivity contribution in [2.75, 3.05) is 19.2 Å². The van der Waals surface area contributed by atoms with Crippen LogP contribution < -0.4 is 30.4 Å². The number of esters is 1. The van der Waals surface area contributed by atoms with Gasteiger partial charge in [-0.05, 0) is 42.3 Å². The number of amides is 1. The molecule has 1 amide bonds. The molecule has 53 heavy (non-hydrogen) atoms. The summed E-state index contributed by atoms with van der Waals surface area (Å²) in [7, 11) is 1.62. The second-order valence-corrected chi connectivity index (χ2v) is 12.6. The van der Waals surface area contributed by atoms with Crippen molar-refractivity contribution in [3.63, 3.8) is 0 Å². The number of hydrogen-bond donors (Lipinski definition) is 5. The number of aliphatic hydroxyl groups is 2. The third-order valence-electron chi connectivity index (χ3n) is 9.44. The molecular formula is C35H32N4O14. The number of nitrogens with zero attached hydrogens (tertiary/aromatic N) is 2. The molecule has 4 aromatic rings. The number of carboxylic acid groups (broad SMARTS) is 1. The number of aromatic nitrogens is 2. The van der Waals surface area contributed by atoms with Gasteiger partial charge in [-0.25, -0.2) is 19.4 Å². The van der Waals surface area contributed by atoms with Crippen LogP contribution in [-0.4, -0.2) is 81.5 Å². The van der Waals surface area contributed by atoms with E-state index in [9.17, 15) is 34.5 Å². The van der Waals surface area contributed by atoms with Gasteiger partial charge < -0.3 is 63.7 Å². The number of ether oxygens (including phenoxy) is 7. The Balaban J connectivity index is 1.01. The van der Waals surface area contributed by atoms with Crippen LogP contribution in [-0.2, 0) is 54.8 Å². The summed E-state index contributed by atoms with van der Waals surface area (Å²) in [5, 5.41) is 36.6. The van der Waals surface area contributed by atoms with Gasteiger partial charge in [0.2, 0.25) is 13.1 Å². The molecule has 18 nitrogen and oxygen atoms in total. The van der Waals surface area contributed by atoms with Gasteiger partial charge in [0.25, 0.3) is 11.8 Å². The number of aliphatic carboxylic acids is 1. The number of aliphatic hydroxyl groups excluding tert-OH is 2. The summed E-state index contributed by atoms with van der Waals surface area (Å²) >= 11 is 0. The molecule has 5 unspecified atom stereocenters. The minimum absolute atomic E-state index is 0.0250. The predicted octanol–water partition coefficient (Wildman–Crippen LogP) is 1.62. The molecule has 0 bridgehead atoms. The first-order valence-corrected chi connectivity index (χ1v) is 16.5. The summed E-state index contributed by atoms with van der Waals surface area (Å²) < 4.78 is 39.6. The lowest BCUT2D eigenvalue weighted by Gasteiger charge is -2.36. The molecule has 0 radical (unpaired) electrons. The second kappa shape index (κ2) is 13.2. The lowest BCUT2D eigenvalue weighted by atomic mass is 9.98. The molecule has 0 saturated carbocycles. The molecule has 1 saturated heterocycles. The largest absolute Gasteiger partial charge is 0.479 e. The zero-order valence-electron chi connectivity index (χ0n) is 28.1. The average molecular weight is 733 g/mol. The normalized spacial score (nSPS) is 22.3. The van der Waals surface area contributed by atoms with Crippen LogP contribution in [0.2, 0.25) is 0 Å². The van der Waals surface area contributed by atoms with Gasteiger partial charge in [-0.1, -0.05) is 6.07 Å². The van der Waals surface area contributed by atoms with Crippen molar-refractivity contribution in [3.05, 3.63) is 74.6 Å². The summed E-state index contributed by atoms with van der Waals surface area (Å²) in [4.78, 5) is 55.1. The van der Waals surface area contributed by atoms with Crippen LogP contribution in [0.4, 0.5) is 10.5 Å². The number of pyridine rings is 2. The van der Waals surface area contributed by atoms with Crippen LogP contribution in [0, 0.1) is 0 Å². The van der Waals surface area contributed by atoms with Crippen LogP contribution in [0.15, 0.2) is 41.2 Å². The van der Waals surface area contributed by atoms with Crippen LogP contribution in [0.1, 0.15) is 40.8 Å². The van der Waals surface area contributed by atoms with E-state index in [2.05, 4.69) is 10.6 Å². The molecule has 0 spiro atoms. The van der Waals surface area contributed by atoms with E-state index >= 15 is 0 Å². The van der Waals surface area contributed by atoms with Crippen molar-refractivity contribution in [3.8, 4) is 28.6 Å². The Hall–Kier alpha value is -5.95. The van der Waals surface area contributed by atoms with E-state index in [1.165, 1.54) is 11.5 Å². The molecule has 5 atom stereocenters. The van der Waals surface area contributed by atoms with Gasteiger partial charge in [-0.3, -0.25) is 4.79 Å². The van der Waals surface area contributed by atoms with Crippen molar-refractivity contribution in [2.45, 2.75) is 64.1 Å². The Labute approximate surface area is 298 Å². The zero-order chi connectivity index (χ0) is 37.1. The lowest BCUT2D eigenvalue weighted by molar-refractivity contribution is -0.322. The molecule has 4 aliphatic rings. The highest BCUT2D eigenvalue weighted by Crippen LogP contribution is 2.42. The fourth-order valence-corrected chi connectivity index (χ4v) is 6.77. The first-order chi connectivity index (χ1) is 25.5.